The summed E-state index contributed by atoms with van der Waals surface area (Å²) in [6.45, 7) is -0.604. The summed E-state index contributed by atoms with van der Waals surface area (Å²) in [5, 5.41) is 81.0. The van der Waals surface area contributed by atoms with Gasteiger partial charge < -0.3 is 88.2 Å². The van der Waals surface area contributed by atoms with E-state index < -0.39 is 86.8 Å². The van der Waals surface area contributed by atoms with E-state index >= 15 is 0 Å². The maximum absolute atomic E-state index is 10.5. The highest BCUT2D eigenvalue weighted by atomic mass is 16.7. The number of aliphatic hydroxyl groups is 8. The zero-order chi connectivity index (χ0) is 37.4. The minimum atomic E-state index is -1.65. The average Bonchev–Trinajstić information content (AvgIpc) is 3.78. The second-order valence-electron chi connectivity index (χ2n) is 13.0. The van der Waals surface area contributed by atoms with Crippen LogP contribution in [-0.4, -0.2) is 157 Å². The summed E-state index contributed by atoms with van der Waals surface area (Å²) in [6, 6.07) is 6.78. The largest absolute Gasteiger partial charge is 0.493 e. The van der Waals surface area contributed by atoms with Crippen molar-refractivity contribution in [2.75, 3.05) is 54.9 Å². The van der Waals surface area contributed by atoms with Gasteiger partial charge in [-0.2, -0.15) is 0 Å². The predicted molar refractivity (Wildman–Crippen MR) is 172 cm³/mol. The Morgan fingerprint density at radius 2 is 0.846 bits per heavy atom. The van der Waals surface area contributed by atoms with E-state index in [1.54, 1.807) is 24.3 Å². The minimum absolute atomic E-state index is 0.0541. The maximum atomic E-state index is 10.5. The molecule has 0 radical (unpaired) electrons. The van der Waals surface area contributed by atoms with Crippen molar-refractivity contribution >= 4 is 0 Å². The predicted octanol–water partition coefficient (Wildman–Crippen LogP) is -1.85. The van der Waals surface area contributed by atoms with Crippen LogP contribution in [0.1, 0.15) is 23.3 Å². The number of aliphatic hydroxyl groups excluding tert-OH is 8. The van der Waals surface area contributed by atoms with Crippen LogP contribution in [0.3, 0.4) is 0 Å². The summed E-state index contributed by atoms with van der Waals surface area (Å²) in [7, 11) is 5.66. The van der Waals surface area contributed by atoms with E-state index in [0.717, 1.165) is 0 Å². The number of hydrogen-bond acceptors (Lipinski definition) is 18. The van der Waals surface area contributed by atoms with E-state index in [4.69, 9.17) is 47.4 Å². The molecule has 0 unspecified atom stereocenters. The second-order valence-corrected chi connectivity index (χ2v) is 13.0. The van der Waals surface area contributed by atoms with Crippen molar-refractivity contribution in [3.8, 4) is 34.5 Å². The fraction of sp³-hybridized carbons (Fsp3) is 0.647. The lowest BCUT2D eigenvalue weighted by molar-refractivity contribution is -0.277. The van der Waals surface area contributed by atoms with Gasteiger partial charge in [-0.25, -0.2) is 0 Å². The number of methoxy groups -OCH3 is 4. The van der Waals surface area contributed by atoms with Gasteiger partial charge in [0.2, 0.25) is 24.1 Å². The number of benzene rings is 2. The highest BCUT2D eigenvalue weighted by molar-refractivity contribution is 5.56. The molecule has 4 aliphatic heterocycles. The van der Waals surface area contributed by atoms with Gasteiger partial charge in [0.25, 0.3) is 0 Å². The van der Waals surface area contributed by atoms with Crippen molar-refractivity contribution in [2.24, 2.45) is 11.8 Å². The van der Waals surface area contributed by atoms with E-state index in [1.165, 1.54) is 28.4 Å². The van der Waals surface area contributed by atoms with Gasteiger partial charge in [0.1, 0.15) is 48.8 Å². The third-order valence-corrected chi connectivity index (χ3v) is 10.1. The maximum Gasteiger partial charge on any atom is 0.229 e. The Hall–Kier alpha value is -3.24. The Kier molecular flexibility index (Phi) is 11.8. The molecule has 0 aliphatic carbocycles. The molecule has 8 N–H and O–H groups in total. The molecule has 0 amide bonds. The molecule has 18 nitrogen and oxygen atoms in total. The number of rotatable bonds is 12. The molecule has 14 atom stereocenters. The van der Waals surface area contributed by atoms with Gasteiger partial charge in [-0.15, -0.1) is 0 Å². The summed E-state index contributed by atoms with van der Waals surface area (Å²) in [4.78, 5) is 0. The van der Waals surface area contributed by atoms with Gasteiger partial charge >= 0.3 is 0 Å². The molecule has 4 heterocycles. The monoisotopic (exact) mass is 742 g/mol. The van der Waals surface area contributed by atoms with Crippen LogP contribution in [0.15, 0.2) is 24.3 Å². The van der Waals surface area contributed by atoms with Crippen molar-refractivity contribution in [3.05, 3.63) is 35.4 Å². The first-order valence-electron chi connectivity index (χ1n) is 16.7. The van der Waals surface area contributed by atoms with Gasteiger partial charge in [0.05, 0.1) is 67.1 Å². The van der Waals surface area contributed by atoms with Crippen LogP contribution >= 0.6 is 0 Å². The van der Waals surface area contributed by atoms with Crippen molar-refractivity contribution in [1.29, 1.82) is 0 Å². The Labute approximate surface area is 298 Å². The molecular formula is C34H46O18. The van der Waals surface area contributed by atoms with Gasteiger partial charge in [0.15, 0.2) is 23.0 Å². The topological polar surface area (TPSA) is 254 Å². The van der Waals surface area contributed by atoms with Gasteiger partial charge in [-0.05, 0) is 35.4 Å². The van der Waals surface area contributed by atoms with Crippen LogP contribution in [0, 0.1) is 11.8 Å². The van der Waals surface area contributed by atoms with Crippen molar-refractivity contribution in [3.63, 3.8) is 0 Å². The fourth-order valence-corrected chi connectivity index (χ4v) is 7.16. The second kappa shape index (κ2) is 16.0. The molecule has 52 heavy (non-hydrogen) atoms. The molecular weight excluding hydrogens is 696 g/mol. The quantitative estimate of drug-likeness (QED) is 0.119. The normalized spacial score (nSPS) is 37.3. The minimum Gasteiger partial charge on any atom is -0.493 e. The van der Waals surface area contributed by atoms with Crippen molar-refractivity contribution < 1.29 is 88.2 Å². The van der Waals surface area contributed by atoms with Gasteiger partial charge in [0, 0.05) is 11.8 Å². The zero-order valence-corrected chi connectivity index (χ0v) is 28.9. The van der Waals surface area contributed by atoms with Crippen LogP contribution < -0.4 is 28.4 Å². The highest BCUT2D eigenvalue weighted by Crippen LogP contribution is 2.54. The first-order chi connectivity index (χ1) is 25.0. The summed E-state index contributed by atoms with van der Waals surface area (Å²) < 4.78 is 58.0. The molecule has 0 aromatic heterocycles. The Morgan fingerprint density at radius 3 is 1.13 bits per heavy atom. The molecule has 4 saturated heterocycles. The van der Waals surface area contributed by atoms with Crippen LogP contribution in [0.5, 0.6) is 34.5 Å². The molecule has 4 fully saturated rings. The van der Waals surface area contributed by atoms with Crippen LogP contribution in [0.2, 0.25) is 0 Å². The Morgan fingerprint density at radius 1 is 0.519 bits per heavy atom. The summed E-state index contributed by atoms with van der Waals surface area (Å²) >= 11 is 0. The molecule has 6 rings (SSSR count). The lowest BCUT2D eigenvalue weighted by Crippen LogP contribution is -2.60. The van der Waals surface area contributed by atoms with Gasteiger partial charge in [-0.1, -0.05) is 0 Å². The summed E-state index contributed by atoms with van der Waals surface area (Å²) in [5.41, 5.74) is 1.37. The third-order valence-electron chi connectivity index (χ3n) is 10.1. The molecule has 2 aromatic carbocycles. The number of hydrogen-bond donors (Lipinski definition) is 8. The summed E-state index contributed by atoms with van der Waals surface area (Å²) in [6.07, 6.45) is -15.9. The van der Waals surface area contributed by atoms with Crippen LogP contribution in [-0.2, 0) is 18.9 Å². The third kappa shape index (κ3) is 6.94. The average molecular weight is 743 g/mol. The number of ether oxygens (including phenoxy) is 10. The molecule has 4 aliphatic rings. The molecule has 0 saturated carbocycles. The Bertz CT molecular complexity index is 1360. The highest BCUT2D eigenvalue weighted by Gasteiger charge is 2.50. The number of fused-ring (bicyclic) bond motifs is 1. The van der Waals surface area contributed by atoms with E-state index in [1.807, 2.05) is 0 Å². The Balaban J connectivity index is 1.22. The van der Waals surface area contributed by atoms with E-state index in [2.05, 4.69) is 0 Å². The molecule has 0 spiro atoms. The molecule has 290 valence electrons. The van der Waals surface area contributed by atoms with Crippen molar-refractivity contribution in [2.45, 2.75) is 73.6 Å². The standard InChI is InChI=1S/C34H46O18/c1-43-17-5-13(6-18(44-2)31(17)51-33-27(41)25(39)23(37)21(9-35)49-33)29-15-11-48-30(16(15)12-47-29)14-7-19(45-3)32(20(8-14)46-4)52-34-28(42)26(40)24(38)22(10-36)50-34/h5-8,15-16,21-30,33-42H,9-12H2,1-4H3/t15-,16+,21-,22-,23-,24-,25-,26-,27-,28-,29-,30-,33+,34+/m0/s1. The van der Waals surface area contributed by atoms with Crippen LogP contribution in [0.25, 0.3) is 0 Å². The first kappa shape index (κ1) is 38.5. The molecule has 2 aromatic rings. The lowest BCUT2D eigenvalue weighted by Gasteiger charge is -2.39. The van der Waals surface area contributed by atoms with E-state index in [-0.39, 0.29) is 46.3 Å². The zero-order valence-electron chi connectivity index (χ0n) is 28.9. The lowest BCUT2D eigenvalue weighted by atomic mass is 9.84. The van der Waals surface area contributed by atoms with Crippen molar-refractivity contribution in [1.82, 2.24) is 0 Å². The molecule has 18 heteroatoms. The molecule has 0 bridgehead atoms. The van der Waals surface area contributed by atoms with Crippen LogP contribution in [0.4, 0.5) is 0 Å². The van der Waals surface area contributed by atoms with E-state index in [9.17, 15) is 40.9 Å². The fourth-order valence-electron chi connectivity index (χ4n) is 7.16. The van der Waals surface area contributed by atoms with Gasteiger partial charge in [-0.3, -0.25) is 0 Å². The SMILES string of the molecule is COc1cc([C@@H]2OC[C@H]3[C@H]2CO[C@H]3c2cc(OC)c(O[C@H]3O[C@@H](CO)[C@H](O)[C@H](O)[C@@H]3O)c(OC)c2)cc(OC)c1O[C@H]1O[C@@H](CO)[C@H](O)[C@H](O)[C@@H]1O. The van der Waals surface area contributed by atoms with E-state index in [0.29, 0.717) is 24.3 Å². The first-order valence-corrected chi connectivity index (χ1v) is 16.7. The smallest absolute Gasteiger partial charge is 0.229 e. The summed E-state index contributed by atoms with van der Waals surface area (Å²) in [5.74, 6) is 0.683.